The second kappa shape index (κ2) is 5.85. The van der Waals surface area contributed by atoms with Crippen molar-refractivity contribution in [3.05, 3.63) is 11.8 Å². The number of anilines is 2. The van der Waals surface area contributed by atoms with Crippen LogP contribution in [0.5, 0.6) is 0 Å². The van der Waals surface area contributed by atoms with E-state index in [0.29, 0.717) is 43.6 Å². The zero-order valence-corrected chi connectivity index (χ0v) is 13.0. The van der Waals surface area contributed by atoms with Gasteiger partial charge in [-0.25, -0.2) is 4.98 Å². The Balaban J connectivity index is 2.50. The molecule has 0 aromatic carbocycles. The van der Waals surface area contributed by atoms with Crippen LogP contribution in [-0.2, 0) is 14.9 Å². The van der Waals surface area contributed by atoms with E-state index in [0.717, 1.165) is 0 Å². The molecule has 1 aromatic heterocycles. The van der Waals surface area contributed by atoms with Crippen LogP contribution < -0.4 is 9.80 Å². The lowest BCUT2D eigenvalue weighted by atomic mass is 9.85. The number of carboxylic acids is 1. The summed E-state index contributed by atoms with van der Waals surface area (Å²) in [6, 6.07) is 0. The van der Waals surface area contributed by atoms with Gasteiger partial charge in [-0.15, -0.1) is 0 Å². The van der Waals surface area contributed by atoms with E-state index in [2.05, 4.69) is 14.9 Å². The third-order valence-electron chi connectivity index (χ3n) is 3.67. The molecule has 2 rings (SSSR count). The highest BCUT2D eigenvalue weighted by Crippen LogP contribution is 2.32. The molecule has 1 N–H and O–H groups in total. The Hall–Kier alpha value is -1.89. The van der Waals surface area contributed by atoms with Crippen LogP contribution in [0.1, 0.15) is 19.4 Å². The summed E-state index contributed by atoms with van der Waals surface area (Å²) in [5, 5.41) is 9.49. The summed E-state index contributed by atoms with van der Waals surface area (Å²) in [4.78, 5) is 24.3. The minimum absolute atomic E-state index is 0.571. The predicted molar refractivity (Wildman–Crippen MR) is 80.1 cm³/mol. The van der Waals surface area contributed by atoms with Gasteiger partial charge < -0.3 is 19.6 Å². The number of rotatable bonds is 4. The molecule has 21 heavy (non-hydrogen) atoms. The van der Waals surface area contributed by atoms with Gasteiger partial charge in [0.2, 0.25) is 5.95 Å². The molecule has 1 aromatic rings. The summed E-state index contributed by atoms with van der Waals surface area (Å²) in [6.45, 7) is 5.99. The molecule has 0 bridgehead atoms. The van der Waals surface area contributed by atoms with E-state index in [4.69, 9.17) is 4.74 Å². The summed E-state index contributed by atoms with van der Waals surface area (Å²) in [6.07, 6.45) is 1.63. The van der Waals surface area contributed by atoms with E-state index in [9.17, 15) is 9.90 Å². The summed E-state index contributed by atoms with van der Waals surface area (Å²) in [5.41, 5.74) is -0.416. The first-order valence-corrected chi connectivity index (χ1v) is 6.95. The number of aromatic nitrogens is 2. The van der Waals surface area contributed by atoms with Gasteiger partial charge in [-0.1, -0.05) is 0 Å². The van der Waals surface area contributed by atoms with E-state index in [-0.39, 0.29) is 0 Å². The summed E-state index contributed by atoms with van der Waals surface area (Å²) in [5.74, 6) is 0.365. The van der Waals surface area contributed by atoms with Crippen molar-refractivity contribution in [3.8, 4) is 0 Å². The molecule has 1 fully saturated rings. The van der Waals surface area contributed by atoms with Gasteiger partial charge in [-0.3, -0.25) is 4.79 Å². The van der Waals surface area contributed by atoms with E-state index in [1.165, 1.54) is 0 Å². The van der Waals surface area contributed by atoms with Gasteiger partial charge >= 0.3 is 5.97 Å². The van der Waals surface area contributed by atoms with Crippen LogP contribution in [0.4, 0.5) is 11.8 Å². The second-order valence-electron chi connectivity index (χ2n) is 5.83. The molecule has 0 amide bonds. The highest BCUT2D eigenvalue weighted by atomic mass is 16.5. The van der Waals surface area contributed by atoms with Crippen LogP contribution in [-0.4, -0.2) is 61.4 Å². The molecule has 0 atom stereocenters. The largest absolute Gasteiger partial charge is 0.481 e. The molecule has 0 radical (unpaired) electrons. The predicted octanol–water partition coefficient (Wildman–Crippen LogP) is 0.741. The van der Waals surface area contributed by atoms with Crippen LogP contribution in [0, 0.1) is 0 Å². The number of hydrogen-bond acceptors (Lipinski definition) is 6. The van der Waals surface area contributed by atoms with Gasteiger partial charge in [0.25, 0.3) is 0 Å². The van der Waals surface area contributed by atoms with Crippen molar-refractivity contribution < 1.29 is 14.6 Å². The molecule has 1 aliphatic rings. The van der Waals surface area contributed by atoms with E-state index in [1.54, 1.807) is 20.0 Å². The molecular weight excluding hydrogens is 272 g/mol. The van der Waals surface area contributed by atoms with Crippen molar-refractivity contribution in [1.29, 1.82) is 0 Å². The van der Waals surface area contributed by atoms with Crippen molar-refractivity contribution in [2.45, 2.75) is 19.3 Å². The zero-order valence-electron chi connectivity index (χ0n) is 13.0. The molecule has 116 valence electrons. The topological polar surface area (TPSA) is 78.8 Å². The Morgan fingerprint density at radius 3 is 2.52 bits per heavy atom. The maximum Gasteiger partial charge on any atom is 0.313 e. The van der Waals surface area contributed by atoms with Crippen molar-refractivity contribution in [3.63, 3.8) is 0 Å². The van der Waals surface area contributed by atoms with Crippen molar-refractivity contribution in [2.75, 3.05) is 50.2 Å². The fourth-order valence-corrected chi connectivity index (χ4v) is 2.15. The third kappa shape index (κ3) is 3.07. The standard InChI is InChI=1S/C14H22N4O3/c1-14(2,12(19)20)10-9-15-13(17(3)4)16-11(10)18-5-7-21-8-6-18/h9H,5-8H2,1-4H3,(H,19,20). The molecule has 1 saturated heterocycles. The number of hydrogen-bond donors (Lipinski definition) is 1. The fourth-order valence-electron chi connectivity index (χ4n) is 2.15. The molecular formula is C14H22N4O3. The Bertz CT molecular complexity index is 525. The summed E-state index contributed by atoms with van der Waals surface area (Å²) < 4.78 is 5.36. The van der Waals surface area contributed by atoms with Gasteiger partial charge in [0, 0.05) is 38.9 Å². The first kappa shape index (κ1) is 15.5. The number of ether oxygens (including phenoxy) is 1. The number of aliphatic carboxylic acids is 1. The fraction of sp³-hybridized carbons (Fsp3) is 0.643. The molecule has 7 nitrogen and oxygen atoms in total. The average Bonchev–Trinajstić information content (AvgIpc) is 2.47. The minimum Gasteiger partial charge on any atom is -0.481 e. The van der Waals surface area contributed by atoms with E-state index < -0.39 is 11.4 Å². The SMILES string of the molecule is CN(C)c1ncc(C(C)(C)C(=O)O)c(N2CCOCC2)n1. The van der Waals surface area contributed by atoms with Crippen LogP contribution in [0.2, 0.25) is 0 Å². The van der Waals surface area contributed by atoms with Crippen molar-refractivity contribution >= 4 is 17.7 Å². The molecule has 7 heteroatoms. The Labute approximate surface area is 124 Å². The molecule has 1 aliphatic heterocycles. The normalized spacial score (nSPS) is 15.9. The van der Waals surface area contributed by atoms with Crippen molar-refractivity contribution in [2.24, 2.45) is 0 Å². The number of carbonyl (C=O) groups is 1. The lowest BCUT2D eigenvalue weighted by molar-refractivity contribution is -0.142. The van der Waals surface area contributed by atoms with E-state index in [1.807, 2.05) is 19.0 Å². The smallest absolute Gasteiger partial charge is 0.313 e. The lowest BCUT2D eigenvalue weighted by Crippen LogP contribution is -2.40. The highest BCUT2D eigenvalue weighted by Gasteiger charge is 2.35. The lowest BCUT2D eigenvalue weighted by Gasteiger charge is -2.32. The number of morpholine rings is 1. The Morgan fingerprint density at radius 1 is 1.38 bits per heavy atom. The van der Waals surface area contributed by atoms with Gasteiger partial charge in [0.15, 0.2) is 0 Å². The van der Waals surface area contributed by atoms with Crippen LogP contribution in [0.15, 0.2) is 6.20 Å². The van der Waals surface area contributed by atoms with Gasteiger partial charge in [0.1, 0.15) is 5.82 Å². The maximum atomic E-state index is 11.6. The minimum atomic E-state index is -1.04. The third-order valence-corrected chi connectivity index (χ3v) is 3.67. The van der Waals surface area contributed by atoms with E-state index >= 15 is 0 Å². The van der Waals surface area contributed by atoms with Gasteiger partial charge in [-0.2, -0.15) is 4.98 Å². The molecule has 0 saturated carbocycles. The number of carboxylic acid groups (broad SMARTS) is 1. The first-order valence-electron chi connectivity index (χ1n) is 6.95. The highest BCUT2D eigenvalue weighted by molar-refractivity contribution is 5.82. The molecule has 0 unspecified atom stereocenters. The molecule has 0 aliphatic carbocycles. The summed E-state index contributed by atoms with van der Waals surface area (Å²) in [7, 11) is 3.72. The molecule has 0 spiro atoms. The number of nitrogens with zero attached hydrogens (tertiary/aromatic N) is 4. The average molecular weight is 294 g/mol. The Morgan fingerprint density at radius 2 is 2.00 bits per heavy atom. The summed E-state index contributed by atoms with van der Waals surface area (Å²) >= 11 is 0. The Kier molecular flexibility index (Phi) is 4.32. The first-order chi connectivity index (χ1) is 9.84. The van der Waals surface area contributed by atoms with Crippen LogP contribution >= 0.6 is 0 Å². The van der Waals surface area contributed by atoms with Crippen LogP contribution in [0.3, 0.4) is 0 Å². The van der Waals surface area contributed by atoms with Crippen molar-refractivity contribution in [1.82, 2.24) is 9.97 Å². The second-order valence-corrected chi connectivity index (χ2v) is 5.83. The zero-order chi connectivity index (χ0) is 15.6. The quantitative estimate of drug-likeness (QED) is 0.877. The maximum absolute atomic E-state index is 11.6. The van der Waals surface area contributed by atoms with Gasteiger partial charge in [-0.05, 0) is 13.8 Å². The van der Waals surface area contributed by atoms with Gasteiger partial charge in [0.05, 0.1) is 18.6 Å². The van der Waals surface area contributed by atoms with Crippen LogP contribution in [0.25, 0.3) is 0 Å². The monoisotopic (exact) mass is 294 g/mol. The molecule has 2 heterocycles.